The van der Waals surface area contributed by atoms with Crippen LogP contribution in [0.2, 0.25) is 5.02 Å². The van der Waals surface area contributed by atoms with Crippen molar-refractivity contribution in [3.63, 3.8) is 0 Å². The first kappa shape index (κ1) is 18.7. The molecule has 1 aromatic heterocycles. The van der Waals surface area contributed by atoms with Gasteiger partial charge in [0.25, 0.3) is 5.91 Å². The Morgan fingerprint density at radius 1 is 1.19 bits per heavy atom. The van der Waals surface area contributed by atoms with Gasteiger partial charge < -0.3 is 10.1 Å². The van der Waals surface area contributed by atoms with Gasteiger partial charge in [-0.05, 0) is 37.3 Å². The molecule has 0 unspecified atom stereocenters. The highest BCUT2D eigenvalue weighted by Gasteiger charge is 2.32. The molecule has 0 atom stereocenters. The fraction of sp³-hybridized carbons (Fsp3) is 0.118. The second-order valence-corrected chi connectivity index (χ2v) is 5.81. The minimum atomic E-state index is -4.89. The molecule has 6 nitrogen and oxygen atoms in total. The topological polar surface area (TPSA) is 69.0 Å². The van der Waals surface area contributed by atoms with E-state index in [9.17, 15) is 18.0 Å². The molecule has 0 radical (unpaired) electrons. The zero-order valence-electron chi connectivity index (χ0n) is 13.8. The zero-order chi connectivity index (χ0) is 19.6. The molecular formula is C17H12ClF3N4O2. The van der Waals surface area contributed by atoms with Crippen molar-refractivity contribution in [1.82, 2.24) is 14.8 Å². The van der Waals surface area contributed by atoms with E-state index < -0.39 is 18.0 Å². The first-order valence-electron chi connectivity index (χ1n) is 7.59. The number of carbonyl (C=O) groups is 1. The van der Waals surface area contributed by atoms with Gasteiger partial charge >= 0.3 is 6.36 Å². The van der Waals surface area contributed by atoms with Crippen LogP contribution in [0.15, 0.2) is 48.5 Å². The molecule has 27 heavy (non-hydrogen) atoms. The molecule has 0 saturated heterocycles. The molecule has 0 bridgehead atoms. The lowest BCUT2D eigenvalue weighted by Crippen LogP contribution is -2.20. The molecule has 2 aromatic carbocycles. The van der Waals surface area contributed by atoms with Crippen LogP contribution < -0.4 is 10.1 Å². The number of hydrogen-bond acceptors (Lipinski definition) is 4. The van der Waals surface area contributed by atoms with Gasteiger partial charge in [0, 0.05) is 5.02 Å². The van der Waals surface area contributed by atoms with Gasteiger partial charge in [0.05, 0.1) is 11.4 Å². The number of halogens is 4. The van der Waals surface area contributed by atoms with Crippen molar-refractivity contribution >= 4 is 23.2 Å². The molecule has 140 valence electrons. The van der Waals surface area contributed by atoms with Crippen molar-refractivity contribution in [2.24, 2.45) is 0 Å². The summed E-state index contributed by atoms with van der Waals surface area (Å²) in [5, 5.41) is 6.90. The number of amides is 1. The molecule has 1 heterocycles. The number of nitrogens with zero attached hydrogens (tertiary/aromatic N) is 3. The molecule has 1 N–H and O–H groups in total. The first-order valence-corrected chi connectivity index (χ1v) is 7.96. The van der Waals surface area contributed by atoms with E-state index in [-0.39, 0.29) is 11.5 Å². The third kappa shape index (κ3) is 4.56. The predicted molar refractivity (Wildman–Crippen MR) is 92.2 cm³/mol. The lowest BCUT2D eigenvalue weighted by atomic mass is 10.3. The van der Waals surface area contributed by atoms with E-state index in [1.807, 2.05) is 0 Å². The number of aromatic nitrogens is 3. The number of hydrogen-bond donors (Lipinski definition) is 1. The van der Waals surface area contributed by atoms with E-state index in [1.54, 1.807) is 31.2 Å². The van der Waals surface area contributed by atoms with Gasteiger partial charge in [-0.2, -0.15) is 0 Å². The number of nitrogens with one attached hydrogen (secondary N) is 1. The minimum Gasteiger partial charge on any atom is -0.404 e. The average molecular weight is 397 g/mol. The van der Waals surface area contributed by atoms with Crippen molar-refractivity contribution in [3.8, 4) is 11.4 Å². The third-order valence-corrected chi connectivity index (χ3v) is 3.62. The highest BCUT2D eigenvalue weighted by molar-refractivity contribution is 6.30. The van der Waals surface area contributed by atoms with Crippen LogP contribution in [0.5, 0.6) is 5.75 Å². The monoisotopic (exact) mass is 396 g/mol. The van der Waals surface area contributed by atoms with Crippen molar-refractivity contribution in [2.75, 3.05) is 5.32 Å². The van der Waals surface area contributed by atoms with Crippen LogP contribution in [0.4, 0.5) is 18.9 Å². The van der Waals surface area contributed by atoms with E-state index in [0.29, 0.717) is 16.5 Å². The Kier molecular flexibility index (Phi) is 5.04. The first-order chi connectivity index (χ1) is 12.7. The minimum absolute atomic E-state index is 0.156. The van der Waals surface area contributed by atoms with Crippen LogP contribution in [0.1, 0.15) is 16.4 Å². The van der Waals surface area contributed by atoms with E-state index in [2.05, 4.69) is 20.1 Å². The number of rotatable bonds is 4. The quantitative estimate of drug-likeness (QED) is 0.710. The van der Waals surface area contributed by atoms with Crippen molar-refractivity contribution in [1.29, 1.82) is 0 Å². The van der Waals surface area contributed by atoms with Gasteiger partial charge in [-0.25, -0.2) is 9.67 Å². The van der Waals surface area contributed by atoms with E-state index in [1.165, 1.54) is 22.9 Å². The van der Waals surface area contributed by atoms with Crippen LogP contribution in [-0.4, -0.2) is 27.0 Å². The van der Waals surface area contributed by atoms with Gasteiger partial charge in [-0.3, -0.25) is 4.79 Å². The molecular weight excluding hydrogens is 385 g/mol. The molecule has 1 amide bonds. The maximum absolute atomic E-state index is 12.5. The van der Waals surface area contributed by atoms with Crippen LogP contribution in [-0.2, 0) is 0 Å². The van der Waals surface area contributed by atoms with Crippen molar-refractivity contribution < 1.29 is 22.7 Å². The van der Waals surface area contributed by atoms with Gasteiger partial charge in [0.2, 0.25) is 5.82 Å². The average Bonchev–Trinajstić information content (AvgIpc) is 2.97. The SMILES string of the molecule is Cc1nc(C(=O)Nc2ccccc2OC(F)(F)F)nn1-c1cccc(Cl)c1. The highest BCUT2D eigenvalue weighted by atomic mass is 35.5. The zero-order valence-corrected chi connectivity index (χ0v) is 14.5. The number of ether oxygens (including phenoxy) is 1. The Hall–Kier alpha value is -3.07. The number of alkyl halides is 3. The fourth-order valence-corrected chi connectivity index (χ4v) is 2.49. The molecule has 0 fully saturated rings. The molecule has 10 heteroatoms. The number of carbonyl (C=O) groups excluding carboxylic acids is 1. The lowest BCUT2D eigenvalue weighted by Gasteiger charge is -2.13. The fourth-order valence-electron chi connectivity index (χ4n) is 2.30. The van der Waals surface area contributed by atoms with E-state index >= 15 is 0 Å². The second-order valence-electron chi connectivity index (χ2n) is 5.37. The van der Waals surface area contributed by atoms with Crippen LogP contribution >= 0.6 is 11.6 Å². The molecule has 3 rings (SSSR count). The Bertz CT molecular complexity index is 988. The normalized spacial score (nSPS) is 11.3. The van der Waals surface area contributed by atoms with E-state index in [0.717, 1.165) is 6.07 Å². The Morgan fingerprint density at radius 2 is 1.93 bits per heavy atom. The Balaban J connectivity index is 1.85. The summed E-state index contributed by atoms with van der Waals surface area (Å²) in [5.74, 6) is -1.13. The molecule has 0 aliphatic heterocycles. The Morgan fingerprint density at radius 3 is 2.63 bits per heavy atom. The number of aryl methyl sites for hydroxylation is 1. The predicted octanol–water partition coefficient (Wildman–Crippen LogP) is 4.38. The Labute approximate surface area is 156 Å². The van der Waals surface area contributed by atoms with Gasteiger partial charge in [0.15, 0.2) is 5.75 Å². The summed E-state index contributed by atoms with van der Waals surface area (Å²) in [6, 6.07) is 11.9. The van der Waals surface area contributed by atoms with Crippen LogP contribution in [0.3, 0.4) is 0 Å². The summed E-state index contributed by atoms with van der Waals surface area (Å²) < 4.78 is 42.8. The van der Waals surface area contributed by atoms with Gasteiger partial charge in [-0.1, -0.05) is 29.8 Å². The summed E-state index contributed by atoms with van der Waals surface area (Å²) in [7, 11) is 0. The third-order valence-electron chi connectivity index (χ3n) is 3.39. The number of anilines is 1. The molecule has 0 spiro atoms. The number of benzene rings is 2. The molecule has 0 saturated carbocycles. The van der Waals surface area contributed by atoms with Crippen LogP contribution in [0, 0.1) is 6.92 Å². The highest BCUT2D eigenvalue weighted by Crippen LogP contribution is 2.30. The van der Waals surface area contributed by atoms with Gasteiger partial charge in [0.1, 0.15) is 5.82 Å². The maximum Gasteiger partial charge on any atom is 0.573 e. The molecule has 0 aliphatic carbocycles. The summed E-state index contributed by atoms with van der Waals surface area (Å²) in [6.45, 7) is 1.63. The maximum atomic E-state index is 12.5. The summed E-state index contributed by atoms with van der Waals surface area (Å²) >= 11 is 5.95. The summed E-state index contributed by atoms with van der Waals surface area (Å²) in [6.07, 6.45) is -4.89. The smallest absolute Gasteiger partial charge is 0.404 e. The van der Waals surface area contributed by atoms with E-state index in [4.69, 9.17) is 11.6 Å². The number of para-hydroxylation sites is 2. The second kappa shape index (κ2) is 7.28. The molecule has 0 aliphatic rings. The lowest BCUT2D eigenvalue weighted by molar-refractivity contribution is -0.274. The summed E-state index contributed by atoms with van der Waals surface area (Å²) in [4.78, 5) is 16.4. The van der Waals surface area contributed by atoms with Crippen LogP contribution in [0.25, 0.3) is 5.69 Å². The van der Waals surface area contributed by atoms with Crippen molar-refractivity contribution in [3.05, 3.63) is 65.2 Å². The largest absolute Gasteiger partial charge is 0.573 e. The summed E-state index contributed by atoms with van der Waals surface area (Å²) in [5.41, 5.74) is 0.434. The van der Waals surface area contributed by atoms with Crippen molar-refractivity contribution in [2.45, 2.75) is 13.3 Å². The standard InChI is InChI=1S/C17H12ClF3N4O2/c1-10-22-15(24-25(10)12-6-4-5-11(18)9-12)16(26)23-13-7-2-3-8-14(13)27-17(19,20)21/h2-9H,1H3,(H,23,26). The molecule has 3 aromatic rings. The van der Waals surface area contributed by atoms with Gasteiger partial charge in [-0.15, -0.1) is 18.3 Å².